The molecule has 0 aliphatic carbocycles. The van der Waals surface area contributed by atoms with Crippen LogP contribution in [0.25, 0.3) is 11.2 Å². The van der Waals surface area contributed by atoms with Crippen molar-refractivity contribution in [3.05, 3.63) is 39.9 Å². The van der Waals surface area contributed by atoms with Crippen molar-refractivity contribution in [1.82, 2.24) is 19.5 Å². The van der Waals surface area contributed by atoms with Gasteiger partial charge in [-0.3, -0.25) is 4.57 Å². The monoisotopic (exact) mass is 397 g/mol. The van der Waals surface area contributed by atoms with Crippen LogP contribution in [0.2, 0.25) is 15.3 Å². The van der Waals surface area contributed by atoms with Crippen LogP contribution in [0, 0.1) is 0 Å². The van der Waals surface area contributed by atoms with Gasteiger partial charge in [0, 0.05) is 6.61 Å². The zero-order chi connectivity index (χ0) is 17.4. The van der Waals surface area contributed by atoms with E-state index in [2.05, 4.69) is 20.3 Å². The van der Waals surface area contributed by atoms with E-state index in [0.29, 0.717) is 32.7 Å². The van der Waals surface area contributed by atoms with Gasteiger partial charge in [0.25, 0.3) is 0 Å². The molecule has 1 fully saturated rings. The first-order valence-electron chi connectivity index (χ1n) is 7.86. The Morgan fingerprint density at radius 3 is 2.84 bits per heavy atom. The van der Waals surface area contributed by atoms with E-state index in [9.17, 15) is 0 Å². The molecule has 1 aliphatic heterocycles. The summed E-state index contributed by atoms with van der Waals surface area (Å²) in [5.74, 6) is 0.466. The SMILES string of the molecule is Clc1nc(Nc2cccc(Cl)c2Cl)c2ncn(C3CCCCO3)c2n1. The summed E-state index contributed by atoms with van der Waals surface area (Å²) in [7, 11) is 0. The van der Waals surface area contributed by atoms with Crippen LogP contribution in [0.4, 0.5) is 11.5 Å². The van der Waals surface area contributed by atoms with E-state index in [1.165, 1.54) is 0 Å². The molecule has 1 unspecified atom stereocenters. The van der Waals surface area contributed by atoms with E-state index in [4.69, 9.17) is 39.5 Å². The predicted octanol–water partition coefficient (Wildman–Crippen LogP) is 5.23. The van der Waals surface area contributed by atoms with Gasteiger partial charge < -0.3 is 10.1 Å². The lowest BCUT2D eigenvalue weighted by Crippen LogP contribution is -2.17. The van der Waals surface area contributed by atoms with Crippen LogP contribution >= 0.6 is 34.8 Å². The van der Waals surface area contributed by atoms with E-state index >= 15 is 0 Å². The molecule has 1 aromatic carbocycles. The molecule has 1 atom stereocenters. The molecule has 6 nitrogen and oxygen atoms in total. The number of anilines is 2. The fraction of sp³-hybridized carbons (Fsp3) is 0.312. The number of nitrogens with one attached hydrogen (secondary N) is 1. The second-order valence-corrected chi connectivity index (χ2v) is 6.84. The summed E-state index contributed by atoms with van der Waals surface area (Å²) in [5.41, 5.74) is 1.83. The highest BCUT2D eigenvalue weighted by Crippen LogP contribution is 2.34. The van der Waals surface area contributed by atoms with Gasteiger partial charge in [0.15, 0.2) is 17.0 Å². The van der Waals surface area contributed by atoms with E-state index in [0.717, 1.165) is 25.9 Å². The van der Waals surface area contributed by atoms with Gasteiger partial charge in [-0.2, -0.15) is 9.97 Å². The highest BCUT2D eigenvalue weighted by molar-refractivity contribution is 6.43. The number of aromatic nitrogens is 4. The minimum Gasteiger partial charge on any atom is -0.358 e. The Labute approximate surface area is 159 Å². The van der Waals surface area contributed by atoms with E-state index in [1.54, 1.807) is 24.5 Å². The molecule has 1 saturated heterocycles. The molecular weight excluding hydrogens is 385 g/mol. The number of hydrogen-bond acceptors (Lipinski definition) is 5. The van der Waals surface area contributed by atoms with Crippen molar-refractivity contribution in [1.29, 1.82) is 0 Å². The molecule has 9 heteroatoms. The number of fused-ring (bicyclic) bond motifs is 1. The average molecular weight is 399 g/mol. The van der Waals surface area contributed by atoms with Crippen LogP contribution < -0.4 is 5.32 Å². The summed E-state index contributed by atoms with van der Waals surface area (Å²) in [6.45, 7) is 0.729. The van der Waals surface area contributed by atoms with Crippen molar-refractivity contribution in [2.75, 3.05) is 11.9 Å². The fourth-order valence-electron chi connectivity index (χ4n) is 2.86. The Balaban J connectivity index is 1.77. The van der Waals surface area contributed by atoms with Crippen molar-refractivity contribution in [2.24, 2.45) is 0 Å². The largest absolute Gasteiger partial charge is 0.358 e. The van der Waals surface area contributed by atoms with Crippen LogP contribution in [0.15, 0.2) is 24.5 Å². The molecule has 25 heavy (non-hydrogen) atoms. The molecule has 1 aliphatic rings. The summed E-state index contributed by atoms with van der Waals surface area (Å²) >= 11 is 18.4. The standard InChI is InChI=1S/C16H14Cl3N5O/c17-9-4-3-5-10(12(9)18)21-14-13-15(23-16(19)22-14)24(8-20-13)11-6-1-2-7-25-11/h3-5,8,11H,1-2,6-7H2,(H,21,22,23). The molecule has 130 valence electrons. The van der Waals surface area contributed by atoms with Crippen LogP contribution in [-0.4, -0.2) is 26.1 Å². The summed E-state index contributed by atoms with van der Waals surface area (Å²) in [5, 5.41) is 4.11. The normalized spacial score (nSPS) is 17.8. The first-order valence-corrected chi connectivity index (χ1v) is 8.99. The third-order valence-corrected chi connectivity index (χ3v) is 5.05. The number of nitrogens with zero attached hydrogens (tertiary/aromatic N) is 4. The highest BCUT2D eigenvalue weighted by atomic mass is 35.5. The second kappa shape index (κ2) is 6.96. The first-order chi connectivity index (χ1) is 12.1. The first kappa shape index (κ1) is 16.8. The van der Waals surface area contributed by atoms with Crippen LogP contribution in [0.3, 0.4) is 0 Å². The van der Waals surface area contributed by atoms with Crippen molar-refractivity contribution >= 4 is 57.5 Å². The van der Waals surface area contributed by atoms with Crippen molar-refractivity contribution in [3.8, 4) is 0 Å². The van der Waals surface area contributed by atoms with Gasteiger partial charge in [0.1, 0.15) is 6.23 Å². The van der Waals surface area contributed by atoms with Gasteiger partial charge in [-0.25, -0.2) is 4.98 Å². The maximum absolute atomic E-state index is 6.24. The fourth-order valence-corrected chi connectivity index (χ4v) is 3.37. The third kappa shape index (κ3) is 3.27. The van der Waals surface area contributed by atoms with E-state index in [1.807, 2.05) is 4.57 Å². The Kier molecular flexibility index (Phi) is 4.69. The highest BCUT2D eigenvalue weighted by Gasteiger charge is 2.21. The zero-order valence-corrected chi connectivity index (χ0v) is 15.3. The average Bonchev–Trinajstić information content (AvgIpc) is 3.03. The van der Waals surface area contributed by atoms with Gasteiger partial charge in [0.2, 0.25) is 5.28 Å². The lowest BCUT2D eigenvalue weighted by Gasteiger charge is -2.23. The van der Waals surface area contributed by atoms with Crippen LogP contribution in [0.5, 0.6) is 0 Å². The number of benzene rings is 1. The predicted molar refractivity (Wildman–Crippen MR) is 98.9 cm³/mol. The Bertz CT molecular complexity index is 924. The van der Waals surface area contributed by atoms with Crippen LogP contribution in [-0.2, 0) is 4.74 Å². The molecule has 2 aromatic heterocycles. The summed E-state index contributed by atoms with van der Waals surface area (Å²) in [6, 6.07) is 5.31. The van der Waals surface area contributed by atoms with Gasteiger partial charge >= 0.3 is 0 Å². The van der Waals surface area contributed by atoms with E-state index in [-0.39, 0.29) is 11.5 Å². The summed E-state index contributed by atoms with van der Waals surface area (Å²) in [6.07, 6.45) is 4.70. The Morgan fingerprint density at radius 1 is 1.16 bits per heavy atom. The maximum Gasteiger partial charge on any atom is 0.226 e. The van der Waals surface area contributed by atoms with Gasteiger partial charge in [-0.1, -0.05) is 29.3 Å². The van der Waals surface area contributed by atoms with Gasteiger partial charge in [-0.05, 0) is 43.0 Å². The number of halogens is 3. The molecular formula is C16H14Cl3N5O. The maximum atomic E-state index is 6.24. The lowest BCUT2D eigenvalue weighted by molar-refractivity contribution is -0.0298. The molecule has 0 spiro atoms. The molecule has 0 amide bonds. The van der Waals surface area contributed by atoms with Gasteiger partial charge in [-0.15, -0.1) is 0 Å². The number of imidazole rings is 1. The Hall–Kier alpha value is -1.60. The molecule has 0 bridgehead atoms. The zero-order valence-electron chi connectivity index (χ0n) is 13.0. The molecule has 4 rings (SSSR count). The Morgan fingerprint density at radius 2 is 2.04 bits per heavy atom. The molecule has 0 saturated carbocycles. The molecule has 3 heterocycles. The number of hydrogen-bond donors (Lipinski definition) is 1. The van der Waals surface area contributed by atoms with Crippen molar-refractivity contribution in [2.45, 2.75) is 25.5 Å². The third-order valence-electron chi connectivity index (χ3n) is 4.06. The van der Waals surface area contributed by atoms with Crippen molar-refractivity contribution in [3.63, 3.8) is 0 Å². The second-order valence-electron chi connectivity index (χ2n) is 5.71. The van der Waals surface area contributed by atoms with E-state index < -0.39 is 0 Å². The lowest BCUT2D eigenvalue weighted by atomic mass is 10.2. The smallest absolute Gasteiger partial charge is 0.226 e. The van der Waals surface area contributed by atoms with Crippen molar-refractivity contribution < 1.29 is 4.74 Å². The number of ether oxygens (including phenoxy) is 1. The van der Waals surface area contributed by atoms with Gasteiger partial charge in [0.05, 0.1) is 22.1 Å². The quantitative estimate of drug-likeness (QED) is 0.612. The summed E-state index contributed by atoms with van der Waals surface area (Å²) < 4.78 is 7.72. The topological polar surface area (TPSA) is 64.9 Å². The molecule has 0 radical (unpaired) electrons. The molecule has 3 aromatic rings. The minimum absolute atomic E-state index is 0.0904. The summed E-state index contributed by atoms with van der Waals surface area (Å²) in [4.78, 5) is 13.0. The molecule has 1 N–H and O–H groups in total. The van der Waals surface area contributed by atoms with Crippen LogP contribution in [0.1, 0.15) is 25.5 Å². The minimum atomic E-state index is -0.0904. The number of rotatable bonds is 3.